The van der Waals surface area contributed by atoms with Crippen LogP contribution in [-0.2, 0) is 15.9 Å². The molecule has 5 N–H and O–H groups in total. The van der Waals surface area contributed by atoms with Gasteiger partial charge in [0.25, 0.3) is 0 Å². The van der Waals surface area contributed by atoms with E-state index in [2.05, 4.69) is 27.2 Å². The van der Waals surface area contributed by atoms with E-state index < -0.39 is 0 Å². The number of nitrogens with one attached hydrogen (secondary N) is 1. The van der Waals surface area contributed by atoms with E-state index in [4.69, 9.17) is 60.5 Å². The van der Waals surface area contributed by atoms with Gasteiger partial charge in [0.2, 0.25) is 0 Å². The maximum absolute atomic E-state index is 6.31. The number of rotatable bonds is 13. The number of aryl methyl sites for hydroxylation is 1. The molecule has 0 saturated heterocycles. The number of benzene rings is 2. The second-order valence-electron chi connectivity index (χ2n) is 8.98. The average Bonchev–Trinajstić information content (AvgIpc) is 2.99. The molecule has 2 aromatic carbocycles. The molecule has 1 aromatic heterocycles. The largest absolute Gasteiger partial charge is 0.494 e. The molecular weight excluding hydrogens is 599 g/mol. The maximum atomic E-state index is 6.31. The predicted molar refractivity (Wildman–Crippen MR) is 170 cm³/mol. The summed E-state index contributed by atoms with van der Waals surface area (Å²) in [6, 6.07) is 14.3. The van der Waals surface area contributed by atoms with Crippen LogP contribution in [0, 0.1) is 0 Å². The zero-order valence-corrected chi connectivity index (χ0v) is 25.2. The van der Waals surface area contributed by atoms with Crippen LogP contribution in [-0.4, -0.2) is 49.6 Å². The third kappa shape index (κ3) is 9.12. The molecule has 220 valence electrons. The Labute approximate surface area is 259 Å². The molecule has 1 aliphatic heterocycles. The fourth-order valence-electron chi connectivity index (χ4n) is 3.73. The number of allylic oxidation sites excluding steroid dienone is 2. The summed E-state index contributed by atoms with van der Waals surface area (Å²) in [6.45, 7) is 4.08. The molecule has 12 heteroatoms. The summed E-state index contributed by atoms with van der Waals surface area (Å²) in [7, 11) is 0. The van der Waals surface area contributed by atoms with Gasteiger partial charge in [-0.3, -0.25) is 0 Å². The maximum Gasteiger partial charge on any atom is 0.150 e. The number of dihydropyridines is 1. The van der Waals surface area contributed by atoms with E-state index in [9.17, 15) is 0 Å². The van der Waals surface area contributed by atoms with E-state index in [-0.39, 0.29) is 5.84 Å². The van der Waals surface area contributed by atoms with Gasteiger partial charge in [-0.2, -0.15) is 0 Å². The highest BCUT2D eigenvalue weighted by Crippen LogP contribution is 2.28. The van der Waals surface area contributed by atoms with E-state index in [1.54, 1.807) is 42.6 Å². The van der Waals surface area contributed by atoms with Crippen molar-refractivity contribution in [2.45, 2.75) is 13.3 Å². The molecule has 3 aromatic rings. The first-order valence-electron chi connectivity index (χ1n) is 13.2. The van der Waals surface area contributed by atoms with E-state index >= 15 is 0 Å². The van der Waals surface area contributed by atoms with Crippen molar-refractivity contribution in [1.82, 2.24) is 10.3 Å². The summed E-state index contributed by atoms with van der Waals surface area (Å²) >= 11 is 18.4. The van der Waals surface area contributed by atoms with Crippen molar-refractivity contribution in [3.8, 4) is 5.75 Å². The Morgan fingerprint density at radius 2 is 1.57 bits per heavy atom. The number of halogens is 3. The summed E-state index contributed by atoms with van der Waals surface area (Å²) in [4.78, 5) is 13.1. The van der Waals surface area contributed by atoms with Crippen molar-refractivity contribution in [2.75, 3.05) is 33.0 Å². The molecule has 0 saturated carbocycles. The van der Waals surface area contributed by atoms with Crippen molar-refractivity contribution >= 4 is 57.8 Å². The van der Waals surface area contributed by atoms with Crippen LogP contribution in [0.2, 0.25) is 15.1 Å². The van der Waals surface area contributed by atoms with Crippen LogP contribution in [0.15, 0.2) is 88.3 Å². The number of pyridine rings is 1. The minimum atomic E-state index is 0.269. The fraction of sp³-hybridized carbons (Fsp3) is 0.233. The number of nitrogens with two attached hydrogens (primary N) is 2. The third-order valence-corrected chi connectivity index (χ3v) is 6.83. The van der Waals surface area contributed by atoms with Gasteiger partial charge in [0.1, 0.15) is 42.1 Å². The standard InChI is InChI=1S/C30H31Cl3N6O3/c1-2-19-3-7-25(23(32)15-19)38-29(34)27-9-5-21(17-36-27)41-13-11-40-12-14-42-22-6-10-28(37-18-22)30(35)39-26-8-4-20(31)16-24(26)33/h3-10,15-17,37H,2,11-14,18H2,1H3,(H2,34,38)(H2,35,39). The summed E-state index contributed by atoms with van der Waals surface area (Å²) in [6.07, 6.45) is 6.13. The van der Waals surface area contributed by atoms with Crippen molar-refractivity contribution in [3.63, 3.8) is 0 Å². The molecular formula is C30H31Cl3N6O3. The Bertz CT molecular complexity index is 1510. The lowest BCUT2D eigenvalue weighted by molar-refractivity contribution is 0.0573. The first-order valence-corrected chi connectivity index (χ1v) is 14.3. The minimum absolute atomic E-state index is 0.269. The molecule has 2 heterocycles. The van der Waals surface area contributed by atoms with Gasteiger partial charge < -0.3 is 31.0 Å². The molecule has 0 unspecified atom stereocenters. The van der Waals surface area contributed by atoms with Gasteiger partial charge in [-0.1, -0.05) is 47.8 Å². The second kappa shape index (κ2) is 15.5. The highest BCUT2D eigenvalue weighted by atomic mass is 35.5. The zero-order valence-electron chi connectivity index (χ0n) is 22.9. The topological polar surface area (TPSA) is 129 Å². The lowest BCUT2D eigenvalue weighted by atomic mass is 10.1. The zero-order chi connectivity index (χ0) is 29.9. The van der Waals surface area contributed by atoms with Crippen LogP contribution >= 0.6 is 34.8 Å². The summed E-state index contributed by atoms with van der Waals surface area (Å²) in [5.41, 5.74) is 15.7. The van der Waals surface area contributed by atoms with Gasteiger partial charge in [0, 0.05) is 5.02 Å². The first kappa shape index (κ1) is 31.2. The number of aliphatic imine (C=N–C) groups is 2. The highest BCUT2D eigenvalue weighted by molar-refractivity contribution is 6.36. The number of aromatic nitrogens is 1. The molecule has 0 spiro atoms. The Morgan fingerprint density at radius 3 is 2.21 bits per heavy atom. The molecule has 0 bridgehead atoms. The molecule has 9 nitrogen and oxygen atoms in total. The first-order chi connectivity index (χ1) is 20.3. The highest BCUT2D eigenvalue weighted by Gasteiger charge is 2.11. The summed E-state index contributed by atoms with van der Waals surface area (Å²) in [5.74, 6) is 1.93. The Kier molecular flexibility index (Phi) is 11.5. The number of hydrogen-bond acceptors (Lipinski definition) is 7. The molecule has 0 atom stereocenters. The molecule has 1 aliphatic rings. The smallest absolute Gasteiger partial charge is 0.150 e. The van der Waals surface area contributed by atoms with Crippen LogP contribution in [0.3, 0.4) is 0 Å². The van der Waals surface area contributed by atoms with Crippen LogP contribution in [0.4, 0.5) is 11.4 Å². The van der Waals surface area contributed by atoms with Crippen molar-refractivity contribution in [3.05, 3.63) is 105 Å². The van der Waals surface area contributed by atoms with E-state index in [1.807, 2.05) is 24.3 Å². The van der Waals surface area contributed by atoms with Crippen LogP contribution in [0.1, 0.15) is 18.2 Å². The van der Waals surface area contributed by atoms with Gasteiger partial charge in [-0.05, 0) is 66.6 Å². The van der Waals surface area contributed by atoms with Crippen molar-refractivity contribution in [1.29, 1.82) is 0 Å². The summed E-state index contributed by atoms with van der Waals surface area (Å²) < 4.78 is 17.0. The fourth-order valence-corrected chi connectivity index (χ4v) is 4.43. The molecule has 0 radical (unpaired) electrons. The van der Waals surface area contributed by atoms with Crippen LogP contribution < -0.4 is 21.5 Å². The van der Waals surface area contributed by atoms with Crippen LogP contribution in [0.5, 0.6) is 5.75 Å². The van der Waals surface area contributed by atoms with E-state index in [1.165, 1.54) is 0 Å². The minimum Gasteiger partial charge on any atom is -0.494 e. The van der Waals surface area contributed by atoms with Gasteiger partial charge in [-0.25, -0.2) is 15.0 Å². The van der Waals surface area contributed by atoms with Crippen LogP contribution in [0.25, 0.3) is 0 Å². The molecule has 0 fully saturated rings. The molecule has 0 aliphatic carbocycles. The number of hydrogen-bond donors (Lipinski definition) is 3. The predicted octanol–water partition coefficient (Wildman–Crippen LogP) is 6.11. The number of ether oxygens (including phenoxy) is 3. The lowest BCUT2D eigenvalue weighted by Crippen LogP contribution is -2.30. The Morgan fingerprint density at radius 1 is 0.857 bits per heavy atom. The molecule has 4 rings (SSSR count). The van der Waals surface area contributed by atoms with Gasteiger partial charge in [0.15, 0.2) is 0 Å². The molecule has 0 amide bonds. The van der Waals surface area contributed by atoms with Gasteiger partial charge in [0.05, 0.1) is 53.1 Å². The average molecular weight is 630 g/mol. The van der Waals surface area contributed by atoms with Crippen molar-refractivity contribution < 1.29 is 14.2 Å². The third-order valence-electron chi connectivity index (χ3n) is 5.99. The second-order valence-corrected chi connectivity index (χ2v) is 10.2. The number of amidine groups is 2. The van der Waals surface area contributed by atoms with E-state index in [0.717, 1.165) is 17.7 Å². The Hall–Kier alpha value is -3.76. The van der Waals surface area contributed by atoms with E-state index in [0.29, 0.717) is 82.4 Å². The monoisotopic (exact) mass is 628 g/mol. The normalized spacial score (nSPS) is 13.7. The quantitative estimate of drug-likeness (QED) is 0.118. The SMILES string of the molecule is CCc1ccc(N=C(N)c2ccc(OCCOCCOC3=CC=C(C(N)=Nc4ccc(Cl)cc4Cl)NC3)cn2)c(Cl)c1. The Balaban J connectivity index is 1.14. The van der Waals surface area contributed by atoms with Crippen molar-refractivity contribution in [2.24, 2.45) is 21.5 Å². The summed E-state index contributed by atoms with van der Waals surface area (Å²) in [5, 5.41) is 4.69. The lowest BCUT2D eigenvalue weighted by Gasteiger charge is -2.18. The molecule has 42 heavy (non-hydrogen) atoms. The van der Waals surface area contributed by atoms with Gasteiger partial charge >= 0.3 is 0 Å². The number of nitrogens with zero attached hydrogens (tertiary/aromatic N) is 3. The van der Waals surface area contributed by atoms with Gasteiger partial charge in [-0.15, -0.1) is 0 Å².